The molecule has 1 aliphatic rings. The Bertz CT molecular complexity index is 1070. The van der Waals surface area contributed by atoms with Gasteiger partial charge in [0.2, 0.25) is 11.8 Å². The van der Waals surface area contributed by atoms with Crippen LogP contribution >= 0.6 is 11.6 Å². The maximum absolute atomic E-state index is 12.6. The minimum absolute atomic E-state index is 0.0482. The molecule has 33 heavy (non-hydrogen) atoms. The lowest BCUT2D eigenvalue weighted by molar-refractivity contribution is -0.157. The summed E-state index contributed by atoms with van der Waals surface area (Å²) in [6, 6.07) is 11.4. The second-order valence-electron chi connectivity index (χ2n) is 7.55. The van der Waals surface area contributed by atoms with Gasteiger partial charge in [-0.3, -0.25) is 19.2 Å². The fraction of sp³-hybridized carbons (Fsp3) is 0.304. The average Bonchev–Trinajstić information content (AvgIpc) is 3.16. The Labute approximate surface area is 196 Å². The van der Waals surface area contributed by atoms with Crippen molar-refractivity contribution in [3.05, 3.63) is 47.5 Å². The van der Waals surface area contributed by atoms with E-state index in [1.165, 1.54) is 25.9 Å². The van der Waals surface area contributed by atoms with E-state index in [1.54, 1.807) is 42.5 Å². The molecule has 0 bridgehead atoms. The van der Waals surface area contributed by atoms with Crippen LogP contribution in [0.15, 0.2) is 42.5 Å². The summed E-state index contributed by atoms with van der Waals surface area (Å²) in [7, 11) is 1.48. The van der Waals surface area contributed by atoms with Crippen molar-refractivity contribution in [1.29, 1.82) is 0 Å². The average molecular weight is 474 g/mol. The zero-order valence-electron chi connectivity index (χ0n) is 18.4. The molecular weight excluding hydrogens is 450 g/mol. The third kappa shape index (κ3) is 6.01. The van der Waals surface area contributed by atoms with Gasteiger partial charge in [0, 0.05) is 36.3 Å². The van der Waals surface area contributed by atoms with Crippen molar-refractivity contribution in [2.75, 3.05) is 29.2 Å². The lowest BCUT2D eigenvalue weighted by Crippen LogP contribution is -2.33. The third-order valence-corrected chi connectivity index (χ3v) is 5.26. The predicted octanol–water partition coefficient (Wildman–Crippen LogP) is 3.23. The zero-order chi connectivity index (χ0) is 24.1. The number of carbonyl (C=O) groups excluding carboxylic acids is 4. The highest BCUT2D eigenvalue weighted by Gasteiger charge is 2.38. The molecule has 1 saturated heterocycles. The minimum atomic E-state index is -1.07. The number of carbonyl (C=O) groups is 4. The Kier molecular flexibility index (Phi) is 7.55. The van der Waals surface area contributed by atoms with Gasteiger partial charge < -0.3 is 25.0 Å². The summed E-state index contributed by atoms with van der Waals surface area (Å²) in [4.78, 5) is 50.1. The number of nitrogens with one attached hydrogen (secondary N) is 2. The van der Waals surface area contributed by atoms with Crippen LogP contribution in [0.2, 0.25) is 5.02 Å². The smallest absolute Gasteiger partial charge is 0.312 e. The molecule has 0 unspecified atom stereocenters. The number of amides is 3. The molecule has 10 heteroatoms. The Hall–Kier alpha value is -3.59. The fourth-order valence-corrected chi connectivity index (χ4v) is 3.55. The van der Waals surface area contributed by atoms with E-state index in [0.29, 0.717) is 27.8 Å². The van der Waals surface area contributed by atoms with E-state index in [-0.39, 0.29) is 24.8 Å². The number of rotatable bonds is 7. The fourth-order valence-electron chi connectivity index (χ4n) is 3.38. The number of halogens is 1. The molecule has 3 rings (SSSR count). The van der Waals surface area contributed by atoms with Gasteiger partial charge >= 0.3 is 5.97 Å². The Balaban J connectivity index is 1.58. The van der Waals surface area contributed by atoms with Gasteiger partial charge in [-0.1, -0.05) is 11.6 Å². The van der Waals surface area contributed by atoms with Gasteiger partial charge in [0.1, 0.15) is 5.75 Å². The monoisotopic (exact) mass is 473 g/mol. The molecule has 1 heterocycles. The Morgan fingerprint density at radius 2 is 1.73 bits per heavy atom. The first-order valence-electron chi connectivity index (χ1n) is 10.2. The Morgan fingerprint density at radius 1 is 1.09 bits per heavy atom. The van der Waals surface area contributed by atoms with Crippen molar-refractivity contribution >= 4 is 52.4 Å². The first kappa shape index (κ1) is 24.1. The standard InChI is InChI=1S/C23H24ClN3O6/c1-13(22(30)26-18-7-5-17(6-8-18)25-14(2)28)33-23(31)15-10-21(29)27(12-15)19-11-16(24)4-9-20(19)32-3/h4-9,11,13,15H,10,12H2,1-3H3,(H,25,28)(H,26,30)/t13-,15-/m1/s1. The van der Waals surface area contributed by atoms with Gasteiger partial charge in [-0.2, -0.15) is 0 Å². The van der Waals surface area contributed by atoms with Crippen LogP contribution < -0.4 is 20.3 Å². The molecule has 2 aromatic rings. The molecule has 0 aliphatic carbocycles. The molecule has 9 nitrogen and oxygen atoms in total. The highest BCUT2D eigenvalue weighted by molar-refractivity contribution is 6.31. The van der Waals surface area contributed by atoms with Gasteiger partial charge in [-0.15, -0.1) is 0 Å². The van der Waals surface area contributed by atoms with Gasteiger partial charge in [-0.25, -0.2) is 0 Å². The van der Waals surface area contributed by atoms with E-state index < -0.39 is 23.9 Å². The summed E-state index contributed by atoms with van der Waals surface area (Å²) < 4.78 is 10.6. The van der Waals surface area contributed by atoms with Crippen molar-refractivity contribution in [2.45, 2.75) is 26.4 Å². The van der Waals surface area contributed by atoms with Crippen LogP contribution in [-0.4, -0.2) is 43.4 Å². The maximum Gasteiger partial charge on any atom is 0.312 e. The summed E-state index contributed by atoms with van der Waals surface area (Å²) in [5, 5.41) is 5.70. The molecule has 174 valence electrons. The molecule has 0 saturated carbocycles. The highest BCUT2D eigenvalue weighted by atomic mass is 35.5. The summed E-state index contributed by atoms with van der Waals surface area (Å²) in [6.07, 6.45) is -1.12. The van der Waals surface area contributed by atoms with Gasteiger partial charge in [0.15, 0.2) is 6.10 Å². The first-order chi connectivity index (χ1) is 15.7. The number of benzene rings is 2. The van der Waals surface area contributed by atoms with Crippen LogP contribution in [0.1, 0.15) is 20.3 Å². The van der Waals surface area contributed by atoms with Gasteiger partial charge in [0.25, 0.3) is 5.91 Å². The van der Waals surface area contributed by atoms with Crippen molar-refractivity contribution in [1.82, 2.24) is 0 Å². The summed E-state index contributed by atoms with van der Waals surface area (Å²) in [5.74, 6) is -1.91. The molecule has 0 aromatic heterocycles. The molecule has 3 amide bonds. The maximum atomic E-state index is 12.6. The van der Waals surface area contributed by atoms with E-state index in [2.05, 4.69) is 10.6 Å². The van der Waals surface area contributed by atoms with Gasteiger partial charge in [-0.05, 0) is 49.4 Å². The number of methoxy groups -OCH3 is 1. The van der Waals surface area contributed by atoms with E-state index in [9.17, 15) is 19.2 Å². The molecule has 2 N–H and O–H groups in total. The largest absolute Gasteiger partial charge is 0.495 e. The molecule has 0 radical (unpaired) electrons. The van der Waals surface area contributed by atoms with Crippen LogP contribution in [0.3, 0.4) is 0 Å². The molecule has 1 fully saturated rings. The first-order valence-corrected chi connectivity index (χ1v) is 10.6. The molecule has 2 aromatic carbocycles. The van der Waals surface area contributed by atoms with Gasteiger partial charge in [0.05, 0.1) is 18.7 Å². The topological polar surface area (TPSA) is 114 Å². The number of esters is 1. The van der Waals surface area contributed by atoms with Crippen molar-refractivity contribution in [3.8, 4) is 5.75 Å². The summed E-state index contributed by atoms with van der Waals surface area (Å²) >= 11 is 6.05. The number of nitrogens with zero attached hydrogens (tertiary/aromatic N) is 1. The van der Waals surface area contributed by atoms with Crippen molar-refractivity contribution in [3.63, 3.8) is 0 Å². The zero-order valence-corrected chi connectivity index (χ0v) is 19.1. The molecule has 2 atom stereocenters. The number of anilines is 3. The van der Waals surface area contributed by atoms with Crippen LogP contribution in [0.25, 0.3) is 0 Å². The number of ether oxygens (including phenoxy) is 2. The number of hydrogen-bond acceptors (Lipinski definition) is 6. The second kappa shape index (κ2) is 10.4. The van der Waals surface area contributed by atoms with Crippen molar-refractivity contribution in [2.24, 2.45) is 5.92 Å². The molecular formula is C23H24ClN3O6. The minimum Gasteiger partial charge on any atom is -0.495 e. The molecule has 1 aliphatic heterocycles. The van der Waals surface area contributed by atoms with Crippen LogP contribution in [0.4, 0.5) is 17.1 Å². The predicted molar refractivity (Wildman–Crippen MR) is 123 cm³/mol. The van der Waals surface area contributed by atoms with Crippen LogP contribution in [0.5, 0.6) is 5.75 Å². The third-order valence-electron chi connectivity index (χ3n) is 5.03. The van der Waals surface area contributed by atoms with Crippen LogP contribution in [0, 0.1) is 5.92 Å². The summed E-state index contributed by atoms with van der Waals surface area (Å²) in [5.41, 5.74) is 1.54. The molecule has 0 spiro atoms. The van der Waals surface area contributed by atoms with E-state index >= 15 is 0 Å². The van der Waals surface area contributed by atoms with Crippen molar-refractivity contribution < 1.29 is 28.7 Å². The lowest BCUT2D eigenvalue weighted by Gasteiger charge is -2.20. The van der Waals surface area contributed by atoms with E-state index in [4.69, 9.17) is 21.1 Å². The normalized spacial score (nSPS) is 16.2. The lowest BCUT2D eigenvalue weighted by atomic mass is 10.1. The van der Waals surface area contributed by atoms with Crippen LogP contribution in [-0.2, 0) is 23.9 Å². The SMILES string of the molecule is COc1ccc(Cl)cc1N1C[C@H](C(=O)O[C@H](C)C(=O)Nc2ccc(NC(C)=O)cc2)CC1=O. The highest BCUT2D eigenvalue weighted by Crippen LogP contribution is 2.35. The van der Waals surface area contributed by atoms with E-state index in [0.717, 1.165) is 0 Å². The second-order valence-corrected chi connectivity index (χ2v) is 7.98. The number of hydrogen-bond donors (Lipinski definition) is 2. The quantitative estimate of drug-likeness (QED) is 0.597. The summed E-state index contributed by atoms with van der Waals surface area (Å²) in [6.45, 7) is 2.94. The Morgan fingerprint density at radius 3 is 2.33 bits per heavy atom. The van der Waals surface area contributed by atoms with E-state index in [1.807, 2.05) is 0 Å².